The average molecular weight is 411 g/mol. The maximum absolute atomic E-state index is 13.3. The Bertz CT molecular complexity index is 1190. The maximum Gasteiger partial charge on any atom is 0.239 e. The fourth-order valence-corrected chi connectivity index (χ4v) is 3.17. The van der Waals surface area contributed by atoms with Crippen LogP contribution in [0, 0.1) is 0 Å². The summed E-state index contributed by atoms with van der Waals surface area (Å²) in [5, 5.41) is 21.9. The molecule has 2 heterocycles. The van der Waals surface area contributed by atoms with Crippen molar-refractivity contribution in [2.45, 2.75) is 40.5 Å². The molecule has 0 atom stereocenters. The van der Waals surface area contributed by atoms with E-state index in [0.29, 0.717) is 12.0 Å². The molecule has 2 N–H and O–H groups in total. The molecule has 0 unspecified atom stereocenters. The third kappa shape index (κ3) is 3.83. The van der Waals surface area contributed by atoms with Crippen LogP contribution in [-0.2, 0) is 12.8 Å². The fourth-order valence-electron chi connectivity index (χ4n) is 3.17. The largest absolute Gasteiger partial charge is 0.507 e. The monoisotopic (exact) mass is 411 g/mol. The molecule has 0 aliphatic carbocycles. The number of fused-ring (bicyclic) bond motifs is 1. The number of aromatic hydroxyl groups is 2. The van der Waals surface area contributed by atoms with Crippen molar-refractivity contribution >= 4 is 11.0 Å². The molecule has 3 rings (SSSR count). The molecular formula is C23H25NO6. The second kappa shape index (κ2) is 8.49. The predicted molar refractivity (Wildman–Crippen MR) is 114 cm³/mol. The van der Waals surface area contributed by atoms with Gasteiger partial charge in [-0.3, -0.25) is 4.79 Å². The predicted octanol–water partition coefficient (Wildman–Crippen LogP) is 4.89. The van der Waals surface area contributed by atoms with Gasteiger partial charge in [-0.1, -0.05) is 23.3 Å². The van der Waals surface area contributed by atoms with Gasteiger partial charge in [-0.05, 0) is 40.5 Å². The molecule has 3 aromatic rings. The van der Waals surface area contributed by atoms with Crippen LogP contribution < -0.4 is 10.2 Å². The molecule has 0 fully saturated rings. The summed E-state index contributed by atoms with van der Waals surface area (Å²) in [5.41, 5.74) is 2.54. The number of benzene rings is 1. The van der Waals surface area contributed by atoms with Gasteiger partial charge in [0.05, 0.1) is 7.11 Å². The SMILES string of the molecule is COc1c(-c2cocn2)oc2c(CC=C(C)C)c(O)c(CC=C(C)C)c(O)c2c1=O. The summed E-state index contributed by atoms with van der Waals surface area (Å²) in [4.78, 5) is 17.3. The quantitative estimate of drug-likeness (QED) is 0.557. The van der Waals surface area contributed by atoms with E-state index in [1.165, 1.54) is 19.8 Å². The zero-order valence-corrected chi connectivity index (χ0v) is 17.7. The Morgan fingerprint density at radius 2 is 1.70 bits per heavy atom. The second-order valence-electron chi connectivity index (χ2n) is 7.50. The van der Waals surface area contributed by atoms with E-state index < -0.39 is 5.43 Å². The van der Waals surface area contributed by atoms with Crippen molar-refractivity contribution in [2.75, 3.05) is 7.11 Å². The first-order chi connectivity index (χ1) is 14.3. The van der Waals surface area contributed by atoms with Crippen LogP contribution in [0.2, 0.25) is 0 Å². The number of methoxy groups -OCH3 is 1. The van der Waals surface area contributed by atoms with E-state index >= 15 is 0 Å². The Morgan fingerprint density at radius 1 is 1.07 bits per heavy atom. The van der Waals surface area contributed by atoms with E-state index in [-0.39, 0.29) is 51.7 Å². The molecule has 158 valence electrons. The molecule has 30 heavy (non-hydrogen) atoms. The first-order valence-electron chi connectivity index (χ1n) is 9.51. The van der Waals surface area contributed by atoms with E-state index in [4.69, 9.17) is 13.6 Å². The van der Waals surface area contributed by atoms with E-state index in [1.807, 2.05) is 39.8 Å². The third-order valence-corrected chi connectivity index (χ3v) is 4.74. The molecule has 2 aromatic heterocycles. The molecule has 0 bridgehead atoms. The van der Waals surface area contributed by atoms with Crippen LogP contribution in [0.25, 0.3) is 22.4 Å². The van der Waals surface area contributed by atoms with Gasteiger partial charge < -0.3 is 23.8 Å². The molecule has 0 saturated carbocycles. The van der Waals surface area contributed by atoms with Crippen molar-refractivity contribution in [1.82, 2.24) is 4.98 Å². The summed E-state index contributed by atoms with van der Waals surface area (Å²) in [5.74, 6) is -0.453. The Hall–Kier alpha value is -3.48. The molecule has 7 nitrogen and oxygen atoms in total. The van der Waals surface area contributed by atoms with Crippen molar-refractivity contribution in [3.63, 3.8) is 0 Å². The molecule has 1 aromatic carbocycles. The van der Waals surface area contributed by atoms with Crippen LogP contribution in [0.4, 0.5) is 0 Å². The van der Waals surface area contributed by atoms with Gasteiger partial charge in [0, 0.05) is 11.1 Å². The van der Waals surface area contributed by atoms with Gasteiger partial charge in [-0.2, -0.15) is 0 Å². The van der Waals surface area contributed by atoms with Crippen molar-refractivity contribution < 1.29 is 23.8 Å². The van der Waals surface area contributed by atoms with Crippen molar-refractivity contribution in [3.8, 4) is 28.7 Å². The smallest absolute Gasteiger partial charge is 0.239 e. The number of ether oxygens (including phenoxy) is 1. The average Bonchev–Trinajstić information content (AvgIpc) is 3.21. The summed E-state index contributed by atoms with van der Waals surface area (Å²) >= 11 is 0. The highest BCUT2D eigenvalue weighted by Gasteiger charge is 2.27. The molecule has 0 spiro atoms. The van der Waals surface area contributed by atoms with Crippen LogP contribution >= 0.6 is 0 Å². The fraction of sp³-hybridized carbons (Fsp3) is 0.304. The summed E-state index contributed by atoms with van der Waals surface area (Å²) in [6, 6.07) is 0. The van der Waals surface area contributed by atoms with Gasteiger partial charge in [0.1, 0.15) is 34.4 Å². The van der Waals surface area contributed by atoms with Gasteiger partial charge in [0.2, 0.25) is 16.9 Å². The Kier molecular flexibility index (Phi) is 6.01. The standard InChI is InChI=1S/C23H25NO6/c1-12(2)6-8-14-18(25)15(9-7-13(3)4)21-17(19(14)26)20(27)23(28-5)22(30-21)16-10-29-11-24-16/h6-7,10-11,25-26H,8-9H2,1-5H3. The summed E-state index contributed by atoms with van der Waals surface area (Å²) in [6.07, 6.45) is 6.90. The maximum atomic E-state index is 13.3. The van der Waals surface area contributed by atoms with Gasteiger partial charge in [0.25, 0.3) is 0 Å². The first kappa shape index (κ1) is 21.2. The lowest BCUT2D eigenvalue weighted by Gasteiger charge is -2.16. The normalized spacial score (nSPS) is 10.8. The van der Waals surface area contributed by atoms with Gasteiger partial charge >= 0.3 is 0 Å². The number of aromatic nitrogens is 1. The minimum absolute atomic E-state index is 0.0359. The Morgan fingerprint density at radius 3 is 2.23 bits per heavy atom. The van der Waals surface area contributed by atoms with Crippen LogP contribution in [0.1, 0.15) is 38.8 Å². The number of rotatable bonds is 6. The summed E-state index contributed by atoms with van der Waals surface area (Å²) in [6.45, 7) is 7.70. The van der Waals surface area contributed by atoms with E-state index in [1.54, 1.807) is 0 Å². The number of hydrogen-bond donors (Lipinski definition) is 2. The highest BCUT2D eigenvalue weighted by molar-refractivity contribution is 5.92. The Balaban J connectivity index is 2.45. The van der Waals surface area contributed by atoms with Crippen LogP contribution in [0.15, 0.2) is 49.6 Å². The Labute approximate surface area is 173 Å². The summed E-state index contributed by atoms with van der Waals surface area (Å²) < 4.78 is 16.3. The topological polar surface area (TPSA) is 106 Å². The lowest BCUT2D eigenvalue weighted by Crippen LogP contribution is -2.10. The van der Waals surface area contributed by atoms with Crippen molar-refractivity contribution in [3.05, 3.63) is 57.3 Å². The molecule has 0 aliphatic rings. The zero-order valence-electron chi connectivity index (χ0n) is 17.7. The first-order valence-corrected chi connectivity index (χ1v) is 9.51. The number of nitrogens with zero attached hydrogens (tertiary/aromatic N) is 1. The van der Waals surface area contributed by atoms with Gasteiger partial charge in [-0.15, -0.1) is 0 Å². The number of hydrogen-bond acceptors (Lipinski definition) is 7. The second-order valence-corrected chi connectivity index (χ2v) is 7.50. The highest BCUT2D eigenvalue weighted by atomic mass is 16.5. The van der Waals surface area contributed by atoms with Gasteiger partial charge in [0.15, 0.2) is 6.39 Å². The number of oxazole rings is 1. The highest BCUT2D eigenvalue weighted by Crippen LogP contribution is 2.42. The number of phenolic OH excluding ortho intramolecular Hbond substituents is 2. The van der Waals surface area contributed by atoms with E-state index in [0.717, 1.165) is 11.1 Å². The van der Waals surface area contributed by atoms with E-state index in [9.17, 15) is 15.0 Å². The number of phenols is 2. The molecule has 0 saturated heterocycles. The third-order valence-electron chi connectivity index (χ3n) is 4.74. The van der Waals surface area contributed by atoms with Gasteiger partial charge in [-0.25, -0.2) is 4.98 Å². The lowest BCUT2D eigenvalue weighted by molar-refractivity contribution is 0.395. The minimum Gasteiger partial charge on any atom is -0.507 e. The van der Waals surface area contributed by atoms with Crippen LogP contribution in [-0.4, -0.2) is 22.3 Å². The van der Waals surface area contributed by atoms with Crippen LogP contribution in [0.5, 0.6) is 17.2 Å². The molecule has 0 aliphatic heterocycles. The summed E-state index contributed by atoms with van der Waals surface area (Å²) in [7, 11) is 1.34. The molecule has 7 heteroatoms. The van der Waals surface area contributed by atoms with Crippen molar-refractivity contribution in [2.24, 2.45) is 0 Å². The van der Waals surface area contributed by atoms with Crippen molar-refractivity contribution in [1.29, 1.82) is 0 Å². The minimum atomic E-state index is -0.550. The van der Waals surface area contributed by atoms with Crippen LogP contribution in [0.3, 0.4) is 0 Å². The zero-order chi connectivity index (χ0) is 22.0. The lowest BCUT2D eigenvalue weighted by atomic mass is 9.96. The van der Waals surface area contributed by atoms with E-state index in [2.05, 4.69) is 4.98 Å². The molecular weight excluding hydrogens is 386 g/mol. The molecule has 0 amide bonds. The molecule has 0 radical (unpaired) electrons. The number of allylic oxidation sites excluding steroid dienone is 4.